The Morgan fingerprint density at radius 3 is 1.81 bits per heavy atom. The molecule has 0 unspecified atom stereocenters. The molecule has 1 N–H and O–H groups in total. The largest absolute Gasteiger partial charge is 0.506 e. The third kappa shape index (κ3) is 3.38. The van der Waals surface area contributed by atoms with Crippen molar-refractivity contribution in [1.29, 1.82) is 0 Å². The molecule has 2 aromatic carbocycles. The SMILES string of the molecule is O=C(ON1C(=O)c2c(Cl)c(Cl)c(Cl)c(Cl)c2C1=O)c1c(I)ccc(I)c1O. The molecule has 1 aliphatic heterocycles. The van der Waals surface area contributed by atoms with Crippen molar-refractivity contribution in [3.05, 3.63) is 56.1 Å². The maximum absolute atomic E-state index is 12.6. The summed E-state index contributed by atoms with van der Waals surface area (Å²) in [7, 11) is 0. The van der Waals surface area contributed by atoms with Crippen molar-refractivity contribution in [2.75, 3.05) is 0 Å². The number of carbonyl (C=O) groups excluding carboxylic acids is 3. The Balaban J connectivity index is 2.04. The average molecular weight is 673 g/mol. The van der Waals surface area contributed by atoms with Gasteiger partial charge in [-0.25, -0.2) is 4.79 Å². The molecule has 12 heteroatoms. The highest BCUT2D eigenvalue weighted by atomic mass is 127. The molecule has 0 aliphatic carbocycles. The fourth-order valence-corrected chi connectivity index (χ4v) is 4.39. The number of fused-ring (bicyclic) bond motifs is 1. The van der Waals surface area contributed by atoms with Gasteiger partial charge in [-0.05, 0) is 57.3 Å². The van der Waals surface area contributed by atoms with E-state index in [2.05, 4.69) is 0 Å². The number of aromatic hydroxyl groups is 1. The summed E-state index contributed by atoms with van der Waals surface area (Å²) in [4.78, 5) is 42.5. The van der Waals surface area contributed by atoms with Crippen LogP contribution in [0.3, 0.4) is 0 Å². The van der Waals surface area contributed by atoms with Crippen LogP contribution in [-0.2, 0) is 4.84 Å². The minimum absolute atomic E-state index is 0.201. The predicted molar refractivity (Wildman–Crippen MR) is 116 cm³/mol. The maximum Gasteiger partial charge on any atom is 0.368 e. The molecule has 3 rings (SSSR count). The molecule has 0 saturated carbocycles. The Kier molecular flexibility index (Phi) is 6.05. The third-order valence-electron chi connectivity index (χ3n) is 3.52. The van der Waals surface area contributed by atoms with E-state index in [1.807, 2.05) is 22.6 Å². The van der Waals surface area contributed by atoms with Crippen molar-refractivity contribution in [1.82, 2.24) is 5.06 Å². The Morgan fingerprint density at radius 1 is 0.889 bits per heavy atom. The van der Waals surface area contributed by atoms with Gasteiger partial charge in [0.15, 0.2) is 0 Å². The van der Waals surface area contributed by atoms with Gasteiger partial charge in [-0.15, -0.1) is 0 Å². The number of benzene rings is 2. The van der Waals surface area contributed by atoms with Crippen LogP contribution in [0.5, 0.6) is 5.75 Å². The van der Waals surface area contributed by atoms with Crippen LogP contribution in [0.25, 0.3) is 0 Å². The number of nitrogens with zero attached hydrogens (tertiary/aromatic N) is 1. The monoisotopic (exact) mass is 671 g/mol. The number of hydrogen-bond donors (Lipinski definition) is 1. The minimum Gasteiger partial charge on any atom is -0.506 e. The van der Waals surface area contributed by atoms with Gasteiger partial charge in [-0.3, -0.25) is 9.59 Å². The van der Waals surface area contributed by atoms with E-state index in [1.165, 1.54) is 0 Å². The highest BCUT2D eigenvalue weighted by molar-refractivity contribution is 14.1. The Morgan fingerprint density at radius 2 is 1.33 bits per heavy atom. The molecule has 1 aliphatic rings. The van der Waals surface area contributed by atoms with Gasteiger partial charge in [-0.2, -0.15) is 0 Å². The number of amides is 2. The van der Waals surface area contributed by atoms with Gasteiger partial charge in [0.05, 0.1) is 34.8 Å². The van der Waals surface area contributed by atoms with Crippen molar-refractivity contribution in [2.24, 2.45) is 0 Å². The molecule has 0 fully saturated rings. The molecule has 0 bridgehead atoms. The number of imide groups is 1. The summed E-state index contributed by atoms with van der Waals surface area (Å²) in [5, 5.41) is 9.32. The summed E-state index contributed by atoms with van der Waals surface area (Å²) in [6, 6.07) is 3.15. The van der Waals surface area contributed by atoms with Gasteiger partial charge in [0.2, 0.25) is 0 Å². The number of phenolic OH excluding ortho intramolecular Hbond substituents is 1. The first-order valence-electron chi connectivity index (χ1n) is 6.71. The first-order valence-corrected chi connectivity index (χ1v) is 10.4. The van der Waals surface area contributed by atoms with E-state index in [9.17, 15) is 19.5 Å². The first kappa shape index (κ1) is 21.2. The van der Waals surface area contributed by atoms with Crippen molar-refractivity contribution in [2.45, 2.75) is 0 Å². The summed E-state index contributed by atoms with van der Waals surface area (Å²) >= 11 is 27.5. The van der Waals surface area contributed by atoms with Crippen LogP contribution in [0.15, 0.2) is 12.1 Å². The lowest BCUT2D eigenvalue weighted by atomic mass is 10.1. The molecule has 2 amide bonds. The van der Waals surface area contributed by atoms with E-state index in [1.54, 1.807) is 34.7 Å². The van der Waals surface area contributed by atoms with Crippen LogP contribution in [0.4, 0.5) is 0 Å². The summed E-state index contributed by atoms with van der Waals surface area (Å²) in [5.74, 6) is -3.52. The number of hydroxylamine groups is 2. The average Bonchev–Trinajstić information content (AvgIpc) is 2.86. The van der Waals surface area contributed by atoms with Gasteiger partial charge >= 0.3 is 5.97 Å². The smallest absolute Gasteiger partial charge is 0.368 e. The molecule has 0 saturated heterocycles. The number of halogens is 6. The minimum atomic E-state index is -1.12. The number of phenols is 1. The zero-order valence-corrected chi connectivity index (χ0v) is 19.8. The van der Waals surface area contributed by atoms with Gasteiger partial charge in [0, 0.05) is 3.57 Å². The molecule has 0 radical (unpaired) electrons. The molecular formula is C15H3Cl4I2NO5. The number of hydrogen-bond acceptors (Lipinski definition) is 5. The summed E-state index contributed by atoms with van der Waals surface area (Å²) < 4.78 is 0.737. The summed E-state index contributed by atoms with van der Waals surface area (Å²) in [6.07, 6.45) is 0. The van der Waals surface area contributed by atoms with E-state index in [4.69, 9.17) is 51.2 Å². The summed E-state index contributed by atoms with van der Waals surface area (Å²) in [6.45, 7) is 0. The van der Waals surface area contributed by atoms with E-state index >= 15 is 0 Å². The normalized spacial score (nSPS) is 13.2. The third-order valence-corrected chi connectivity index (χ3v) is 7.09. The molecule has 0 atom stereocenters. The second-order valence-corrected chi connectivity index (χ2v) is 8.88. The Labute approximate surface area is 198 Å². The van der Waals surface area contributed by atoms with Crippen molar-refractivity contribution >= 4 is 109 Å². The standard InChI is InChI=1S/C15H3Cl4I2NO5/c16-8-6-7(9(17)11(19)10(8)18)14(25)22(13(6)24)27-15(26)5-3(20)1-2-4(21)12(5)23/h1-2,23H. The highest BCUT2D eigenvalue weighted by Gasteiger charge is 2.44. The van der Waals surface area contributed by atoms with Gasteiger partial charge in [0.1, 0.15) is 11.3 Å². The Hall–Kier alpha value is -0.530. The van der Waals surface area contributed by atoms with Crippen molar-refractivity contribution in [3.8, 4) is 5.75 Å². The zero-order chi connectivity index (χ0) is 20.2. The molecule has 140 valence electrons. The second-order valence-electron chi connectivity index (χ2n) is 5.04. The molecule has 0 aromatic heterocycles. The zero-order valence-electron chi connectivity index (χ0n) is 12.4. The fraction of sp³-hybridized carbons (Fsp3) is 0. The first-order chi connectivity index (χ1) is 12.6. The maximum atomic E-state index is 12.6. The quantitative estimate of drug-likeness (QED) is 0.195. The molecule has 6 nitrogen and oxygen atoms in total. The lowest BCUT2D eigenvalue weighted by molar-refractivity contribution is -0.0587. The fourth-order valence-electron chi connectivity index (χ4n) is 2.28. The van der Waals surface area contributed by atoms with E-state index in [-0.39, 0.29) is 47.6 Å². The van der Waals surface area contributed by atoms with Gasteiger partial charge in [0.25, 0.3) is 11.8 Å². The number of rotatable bonds is 2. The van der Waals surface area contributed by atoms with Crippen LogP contribution in [0.1, 0.15) is 31.1 Å². The lowest BCUT2D eigenvalue weighted by Crippen LogP contribution is -2.33. The Bertz CT molecular complexity index is 1010. The highest BCUT2D eigenvalue weighted by Crippen LogP contribution is 2.45. The molecule has 27 heavy (non-hydrogen) atoms. The van der Waals surface area contributed by atoms with Crippen LogP contribution < -0.4 is 0 Å². The second kappa shape index (κ2) is 7.71. The molecule has 2 aromatic rings. The van der Waals surface area contributed by atoms with Crippen LogP contribution in [0, 0.1) is 7.14 Å². The van der Waals surface area contributed by atoms with E-state index in [0.29, 0.717) is 7.14 Å². The van der Waals surface area contributed by atoms with Crippen molar-refractivity contribution in [3.63, 3.8) is 0 Å². The van der Waals surface area contributed by atoms with Crippen molar-refractivity contribution < 1.29 is 24.3 Å². The lowest BCUT2D eigenvalue weighted by Gasteiger charge is -2.14. The van der Waals surface area contributed by atoms with Crippen LogP contribution >= 0.6 is 91.6 Å². The number of carbonyl (C=O) groups is 3. The predicted octanol–water partition coefficient (Wildman–Crippen LogP) is 5.58. The molecular weight excluding hydrogens is 670 g/mol. The van der Waals surface area contributed by atoms with Gasteiger partial charge in [-0.1, -0.05) is 51.5 Å². The molecule has 1 heterocycles. The summed E-state index contributed by atoms with van der Waals surface area (Å²) in [5.41, 5.74) is -0.849. The van der Waals surface area contributed by atoms with E-state index in [0.717, 1.165) is 0 Å². The topological polar surface area (TPSA) is 83.9 Å². The van der Waals surface area contributed by atoms with Crippen LogP contribution in [0.2, 0.25) is 20.1 Å². The molecule has 0 spiro atoms. The van der Waals surface area contributed by atoms with Gasteiger partial charge < -0.3 is 9.94 Å². The van der Waals surface area contributed by atoms with Crippen LogP contribution in [-0.4, -0.2) is 28.0 Å². The van der Waals surface area contributed by atoms with E-state index < -0.39 is 17.8 Å².